The number of aromatic nitrogens is 3. The Morgan fingerprint density at radius 3 is 2.92 bits per heavy atom. The largest absolute Gasteiger partial charge is 0.450 e. The number of anilines is 1. The number of benzene rings is 1. The van der Waals surface area contributed by atoms with Gasteiger partial charge in [0.2, 0.25) is 0 Å². The minimum absolute atomic E-state index is 0.345. The quantitative estimate of drug-likeness (QED) is 0.591. The Labute approximate surface area is 153 Å². The van der Waals surface area contributed by atoms with E-state index >= 15 is 0 Å². The number of furan rings is 1. The molecule has 7 heteroatoms. The number of nitrogens with zero attached hydrogens (tertiary/aromatic N) is 3. The second-order valence-corrected chi connectivity index (χ2v) is 6.96. The Bertz CT molecular complexity index is 1220. The molecule has 130 valence electrons. The highest BCUT2D eigenvalue weighted by atomic mass is 35.5. The summed E-state index contributed by atoms with van der Waals surface area (Å²) >= 11 is 6.21. The van der Waals surface area contributed by atoms with Crippen LogP contribution in [-0.4, -0.2) is 20.6 Å². The van der Waals surface area contributed by atoms with Crippen molar-refractivity contribution in [1.82, 2.24) is 14.5 Å². The smallest absolute Gasteiger partial charge is 0.354 e. The molecule has 1 aliphatic rings. The number of fused-ring (bicyclic) bond motifs is 3. The Balaban J connectivity index is 1.94. The van der Waals surface area contributed by atoms with Gasteiger partial charge in [0, 0.05) is 22.6 Å². The van der Waals surface area contributed by atoms with Crippen molar-refractivity contribution in [2.75, 3.05) is 5.32 Å². The molecule has 26 heavy (non-hydrogen) atoms. The highest BCUT2D eigenvalue weighted by Crippen LogP contribution is 2.36. The summed E-state index contributed by atoms with van der Waals surface area (Å²) in [6, 6.07) is 9.38. The second-order valence-electron chi connectivity index (χ2n) is 6.53. The van der Waals surface area contributed by atoms with Crippen molar-refractivity contribution in [3.63, 3.8) is 0 Å². The SMILES string of the molecule is Cc1ncccc1-n1c(=O)nc(NC2CC2)c2oc3ccc(Cl)cc3c21. The van der Waals surface area contributed by atoms with E-state index in [4.69, 9.17) is 16.0 Å². The number of aryl methyl sites for hydroxylation is 1. The first-order valence-corrected chi connectivity index (χ1v) is 8.83. The highest BCUT2D eigenvalue weighted by Gasteiger charge is 2.26. The van der Waals surface area contributed by atoms with Crippen molar-refractivity contribution < 1.29 is 4.42 Å². The molecule has 0 unspecified atom stereocenters. The monoisotopic (exact) mass is 366 g/mol. The molecule has 0 saturated heterocycles. The van der Waals surface area contributed by atoms with Crippen LogP contribution in [-0.2, 0) is 0 Å². The molecule has 0 aliphatic heterocycles. The van der Waals surface area contributed by atoms with Gasteiger partial charge in [-0.2, -0.15) is 4.98 Å². The maximum absolute atomic E-state index is 12.9. The first-order chi connectivity index (χ1) is 12.6. The van der Waals surface area contributed by atoms with Crippen molar-refractivity contribution in [2.24, 2.45) is 0 Å². The van der Waals surface area contributed by atoms with Crippen LogP contribution in [0.25, 0.3) is 27.8 Å². The van der Waals surface area contributed by atoms with Gasteiger partial charge in [-0.25, -0.2) is 4.79 Å². The summed E-state index contributed by atoms with van der Waals surface area (Å²) in [5, 5.41) is 4.65. The third-order valence-electron chi connectivity index (χ3n) is 4.60. The zero-order valence-electron chi connectivity index (χ0n) is 14.0. The second kappa shape index (κ2) is 5.57. The molecule has 5 rings (SSSR count). The van der Waals surface area contributed by atoms with Crippen molar-refractivity contribution in [3.8, 4) is 5.69 Å². The fourth-order valence-corrected chi connectivity index (χ4v) is 3.36. The standard InChI is InChI=1S/C19H15ClN4O2/c1-10-14(3-2-8-21-10)24-16-13-9-11(20)4-7-15(13)26-17(16)18(23-19(24)25)22-12-5-6-12/h2-4,7-9,12H,5-6H2,1H3,(H,22,23,25). The van der Waals surface area contributed by atoms with Gasteiger partial charge in [-0.1, -0.05) is 11.6 Å². The van der Waals surface area contributed by atoms with E-state index in [-0.39, 0.29) is 5.69 Å². The van der Waals surface area contributed by atoms with Crippen LogP contribution in [0.15, 0.2) is 45.7 Å². The van der Waals surface area contributed by atoms with E-state index < -0.39 is 0 Å². The fourth-order valence-electron chi connectivity index (χ4n) is 3.19. The summed E-state index contributed by atoms with van der Waals surface area (Å²) in [6.45, 7) is 1.86. The molecule has 0 amide bonds. The Morgan fingerprint density at radius 1 is 1.31 bits per heavy atom. The van der Waals surface area contributed by atoms with Crippen molar-refractivity contribution >= 4 is 39.5 Å². The minimum Gasteiger partial charge on any atom is -0.450 e. The maximum atomic E-state index is 12.9. The lowest BCUT2D eigenvalue weighted by Crippen LogP contribution is -2.24. The van der Waals surface area contributed by atoms with Gasteiger partial charge < -0.3 is 9.73 Å². The highest BCUT2D eigenvalue weighted by molar-refractivity contribution is 6.31. The summed E-state index contributed by atoms with van der Waals surface area (Å²) < 4.78 is 7.61. The van der Waals surface area contributed by atoms with Gasteiger partial charge in [-0.3, -0.25) is 9.55 Å². The summed E-state index contributed by atoms with van der Waals surface area (Å²) in [4.78, 5) is 21.5. The zero-order chi connectivity index (χ0) is 17.8. The maximum Gasteiger partial charge on any atom is 0.354 e. The molecule has 0 radical (unpaired) electrons. The Kier molecular flexibility index (Phi) is 3.30. The molecule has 1 saturated carbocycles. The van der Waals surface area contributed by atoms with E-state index in [2.05, 4.69) is 15.3 Å². The first-order valence-electron chi connectivity index (χ1n) is 8.45. The number of halogens is 1. The summed E-state index contributed by atoms with van der Waals surface area (Å²) in [5.41, 5.74) is 2.90. The first kappa shape index (κ1) is 15.4. The van der Waals surface area contributed by atoms with Crippen molar-refractivity contribution in [1.29, 1.82) is 0 Å². The van der Waals surface area contributed by atoms with Crippen molar-refractivity contribution in [2.45, 2.75) is 25.8 Å². The average molecular weight is 367 g/mol. The molecular formula is C19H15ClN4O2. The summed E-state index contributed by atoms with van der Waals surface area (Å²) in [6.07, 6.45) is 3.84. The topological polar surface area (TPSA) is 73.0 Å². The Hall–Kier alpha value is -2.86. The molecule has 1 N–H and O–H groups in total. The number of nitrogens with one attached hydrogen (secondary N) is 1. The number of pyridine rings is 1. The molecule has 6 nitrogen and oxygen atoms in total. The minimum atomic E-state index is -0.376. The van der Waals surface area contributed by atoms with Gasteiger partial charge in [0.25, 0.3) is 0 Å². The zero-order valence-corrected chi connectivity index (χ0v) is 14.7. The van der Waals surface area contributed by atoms with E-state index in [0.29, 0.717) is 39.3 Å². The molecule has 1 aromatic carbocycles. The van der Waals surface area contributed by atoms with Gasteiger partial charge in [0.15, 0.2) is 11.4 Å². The Morgan fingerprint density at radius 2 is 2.15 bits per heavy atom. The van der Waals surface area contributed by atoms with Crippen LogP contribution in [0.3, 0.4) is 0 Å². The van der Waals surface area contributed by atoms with Gasteiger partial charge in [-0.05, 0) is 50.1 Å². The third-order valence-corrected chi connectivity index (χ3v) is 4.83. The van der Waals surface area contributed by atoms with Crippen LogP contribution in [0.4, 0.5) is 5.82 Å². The van der Waals surface area contributed by atoms with Crippen LogP contribution in [0.5, 0.6) is 0 Å². The number of hydrogen-bond acceptors (Lipinski definition) is 5. The lowest BCUT2D eigenvalue weighted by atomic mass is 10.2. The summed E-state index contributed by atoms with van der Waals surface area (Å²) in [7, 11) is 0. The fraction of sp³-hybridized carbons (Fsp3) is 0.211. The molecular weight excluding hydrogens is 352 g/mol. The van der Waals surface area contributed by atoms with Crippen LogP contribution in [0.2, 0.25) is 5.02 Å². The molecule has 0 bridgehead atoms. The molecule has 1 aliphatic carbocycles. The van der Waals surface area contributed by atoms with E-state index in [1.165, 1.54) is 0 Å². The molecule has 0 atom stereocenters. The molecule has 1 fully saturated rings. The number of rotatable bonds is 3. The third kappa shape index (κ3) is 2.37. The molecule has 4 aromatic rings. The van der Waals surface area contributed by atoms with E-state index in [0.717, 1.165) is 23.9 Å². The average Bonchev–Trinajstić information content (AvgIpc) is 3.36. The predicted octanol–water partition coefficient (Wildman–Crippen LogP) is 4.06. The van der Waals surface area contributed by atoms with Gasteiger partial charge in [-0.15, -0.1) is 0 Å². The molecule has 0 spiro atoms. The van der Waals surface area contributed by atoms with E-state index in [1.54, 1.807) is 22.9 Å². The molecule has 3 heterocycles. The van der Waals surface area contributed by atoms with E-state index in [9.17, 15) is 4.79 Å². The molecule has 3 aromatic heterocycles. The summed E-state index contributed by atoms with van der Waals surface area (Å²) in [5.74, 6) is 0.484. The van der Waals surface area contributed by atoms with Crippen molar-refractivity contribution in [3.05, 3.63) is 57.7 Å². The predicted molar refractivity (Wildman–Crippen MR) is 101 cm³/mol. The van der Waals surface area contributed by atoms with Gasteiger partial charge in [0.1, 0.15) is 11.1 Å². The van der Waals surface area contributed by atoms with E-state index in [1.807, 2.05) is 25.1 Å². The van der Waals surface area contributed by atoms with Crippen LogP contribution >= 0.6 is 11.6 Å². The van der Waals surface area contributed by atoms with Crippen LogP contribution < -0.4 is 11.0 Å². The van der Waals surface area contributed by atoms with Gasteiger partial charge in [0.05, 0.1) is 11.4 Å². The normalized spacial score (nSPS) is 14.2. The number of hydrogen-bond donors (Lipinski definition) is 1. The lowest BCUT2D eigenvalue weighted by molar-refractivity contribution is 0.664. The lowest BCUT2D eigenvalue weighted by Gasteiger charge is -2.11. The van der Waals surface area contributed by atoms with Crippen LogP contribution in [0, 0.1) is 6.92 Å². The van der Waals surface area contributed by atoms with Crippen LogP contribution in [0.1, 0.15) is 18.5 Å². The van der Waals surface area contributed by atoms with Gasteiger partial charge >= 0.3 is 5.69 Å².